The Morgan fingerprint density at radius 1 is 1.12 bits per heavy atom. The smallest absolute Gasteiger partial charge is 0.345 e. The Morgan fingerprint density at radius 3 is 2.25 bits per heavy atom. The van der Waals surface area contributed by atoms with Crippen LogP contribution in [0.2, 0.25) is 0 Å². The second-order valence-corrected chi connectivity index (χ2v) is 6.72. The summed E-state index contributed by atoms with van der Waals surface area (Å²) in [5, 5.41) is 48.9. The molecule has 0 radical (unpaired) electrons. The van der Waals surface area contributed by atoms with Crippen LogP contribution >= 0.6 is 0 Å². The maximum absolute atomic E-state index is 9.94. The molecule has 3 rings (SSSR count). The number of aliphatic hydroxyl groups is 5. The number of quaternary nitrogens is 1. The zero-order valence-corrected chi connectivity index (χ0v) is 13.6. The van der Waals surface area contributed by atoms with Crippen molar-refractivity contribution in [2.75, 3.05) is 31.1 Å². The lowest BCUT2D eigenvalue weighted by molar-refractivity contribution is -1.11. The zero-order chi connectivity index (χ0) is 17.6. The van der Waals surface area contributed by atoms with Crippen molar-refractivity contribution in [3.8, 4) is 0 Å². The SMILES string of the molecule is BC(O)(O)[N+]1(C(O)(O)O)CCN(c2cc(C=C3CC3)ccn2)CC1. The fourth-order valence-corrected chi connectivity index (χ4v) is 3.19. The zero-order valence-electron chi connectivity index (χ0n) is 13.6. The summed E-state index contributed by atoms with van der Waals surface area (Å²) in [4.78, 5) is 6.26. The van der Waals surface area contributed by atoms with Gasteiger partial charge in [-0.1, -0.05) is 11.6 Å². The average molecular weight is 336 g/mol. The van der Waals surface area contributed by atoms with Crippen LogP contribution in [0.15, 0.2) is 23.9 Å². The highest BCUT2D eigenvalue weighted by Crippen LogP contribution is 2.32. The molecule has 0 atom stereocenters. The largest absolute Gasteiger partial charge is 0.445 e. The first-order chi connectivity index (χ1) is 11.1. The van der Waals surface area contributed by atoms with Crippen LogP contribution in [-0.4, -0.2) is 80.9 Å². The van der Waals surface area contributed by atoms with Gasteiger partial charge in [-0.2, -0.15) is 0 Å². The van der Waals surface area contributed by atoms with Crippen molar-refractivity contribution in [1.82, 2.24) is 4.98 Å². The number of hydrogen-bond donors (Lipinski definition) is 5. The first-order valence-corrected chi connectivity index (χ1v) is 8.02. The Kier molecular flexibility index (Phi) is 4.19. The van der Waals surface area contributed by atoms with E-state index >= 15 is 0 Å². The fraction of sp³-hybridized carbons (Fsp3) is 0.533. The van der Waals surface area contributed by atoms with Crippen molar-refractivity contribution >= 4 is 19.7 Å². The minimum Gasteiger partial charge on any atom is -0.345 e. The summed E-state index contributed by atoms with van der Waals surface area (Å²) in [5.41, 5.74) is 2.47. The normalized spacial score (nSPS) is 20.9. The minimum atomic E-state index is -3.24. The van der Waals surface area contributed by atoms with E-state index in [1.165, 1.54) is 5.57 Å². The molecule has 1 aromatic heterocycles. The molecule has 0 bridgehead atoms. The number of piperazine rings is 1. The predicted octanol–water partition coefficient (Wildman–Crippen LogP) is -2.29. The number of allylic oxidation sites excluding steroid dienone is 1. The first-order valence-electron chi connectivity index (χ1n) is 8.02. The van der Waals surface area contributed by atoms with Gasteiger partial charge in [0, 0.05) is 6.20 Å². The van der Waals surface area contributed by atoms with Crippen molar-refractivity contribution < 1.29 is 30.0 Å². The molecule has 0 aromatic carbocycles. The van der Waals surface area contributed by atoms with Gasteiger partial charge in [0.25, 0.3) is 13.7 Å². The lowest BCUT2D eigenvalue weighted by Gasteiger charge is -2.52. The number of hydrogen-bond acceptors (Lipinski definition) is 7. The number of pyridine rings is 1. The Labute approximate surface area is 140 Å². The standard InChI is InChI=1S/C15H23BN3O5/c16-14(20,21)19(15(22,23)24)7-5-18(6-8-19)13-10-12(3-4-17-13)9-11-1-2-11/h3-4,9-10,20-24H,1-2,5-8,16H2/q+1. The molecule has 2 heterocycles. The van der Waals surface area contributed by atoms with Gasteiger partial charge < -0.3 is 15.1 Å². The Hall–Kier alpha value is -1.49. The summed E-state index contributed by atoms with van der Waals surface area (Å²) >= 11 is 0. The molecule has 0 amide bonds. The van der Waals surface area contributed by atoms with E-state index in [4.69, 9.17) is 0 Å². The minimum absolute atomic E-state index is 0.0694. The maximum atomic E-state index is 9.94. The topological polar surface area (TPSA) is 117 Å². The molecule has 130 valence electrons. The Balaban J connectivity index is 1.78. The van der Waals surface area contributed by atoms with E-state index in [1.54, 1.807) is 6.20 Å². The predicted molar refractivity (Wildman–Crippen MR) is 88.8 cm³/mol. The molecule has 0 spiro atoms. The van der Waals surface area contributed by atoms with E-state index in [1.807, 2.05) is 17.0 Å². The van der Waals surface area contributed by atoms with E-state index in [0.29, 0.717) is 0 Å². The number of nitrogens with zero attached hydrogens (tertiary/aromatic N) is 3. The summed E-state index contributed by atoms with van der Waals surface area (Å²) in [6.07, 6.45) is 2.89. The van der Waals surface area contributed by atoms with Crippen molar-refractivity contribution in [2.45, 2.75) is 24.7 Å². The van der Waals surface area contributed by atoms with Crippen LogP contribution in [0.5, 0.6) is 0 Å². The lowest BCUT2D eigenvalue weighted by atomic mass is 9.97. The molecule has 9 heteroatoms. The highest BCUT2D eigenvalue weighted by atomic mass is 16.7. The van der Waals surface area contributed by atoms with Crippen LogP contribution in [0.4, 0.5) is 5.82 Å². The number of anilines is 1. The van der Waals surface area contributed by atoms with Crippen molar-refractivity contribution in [3.63, 3.8) is 0 Å². The highest BCUT2D eigenvalue weighted by molar-refractivity contribution is 6.11. The molecular weight excluding hydrogens is 313 g/mol. The van der Waals surface area contributed by atoms with E-state index in [9.17, 15) is 25.5 Å². The van der Waals surface area contributed by atoms with Gasteiger partial charge >= 0.3 is 6.10 Å². The van der Waals surface area contributed by atoms with Gasteiger partial charge in [-0.05, 0) is 30.5 Å². The van der Waals surface area contributed by atoms with Crippen LogP contribution < -0.4 is 4.90 Å². The molecule has 0 unspecified atom stereocenters. The second-order valence-electron chi connectivity index (χ2n) is 6.72. The second kappa shape index (κ2) is 5.80. The van der Waals surface area contributed by atoms with Crippen molar-refractivity contribution in [3.05, 3.63) is 29.5 Å². The third kappa shape index (κ3) is 3.19. The summed E-state index contributed by atoms with van der Waals surface area (Å²) in [5.74, 6) is -1.75. The summed E-state index contributed by atoms with van der Waals surface area (Å²) in [7, 11) is 1.03. The summed E-state index contributed by atoms with van der Waals surface area (Å²) in [6, 6.07) is 3.88. The first kappa shape index (κ1) is 17.3. The van der Waals surface area contributed by atoms with Crippen molar-refractivity contribution in [2.24, 2.45) is 0 Å². The lowest BCUT2D eigenvalue weighted by Crippen LogP contribution is -2.80. The van der Waals surface area contributed by atoms with Crippen molar-refractivity contribution in [1.29, 1.82) is 0 Å². The molecule has 1 aromatic rings. The van der Waals surface area contributed by atoms with Gasteiger partial charge in [-0.3, -0.25) is 15.3 Å². The van der Waals surface area contributed by atoms with Gasteiger partial charge in [0.2, 0.25) is 0 Å². The van der Waals surface area contributed by atoms with E-state index < -0.39 is 16.4 Å². The third-order valence-corrected chi connectivity index (χ3v) is 4.89. The fourth-order valence-electron chi connectivity index (χ4n) is 3.19. The van der Waals surface area contributed by atoms with Gasteiger partial charge in [0.05, 0.1) is 13.1 Å². The molecule has 1 aliphatic heterocycles. The van der Waals surface area contributed by atoms with Gasteiger partial charge in [-0.25, -0.2) is 9.47 Å². The van der Waals surface area contributed by atoms with Crippen LogP contribution in [0.1, 0.15) is 18.4 Å². The van der Waals surface area contributed by atoms with Gasteiger partial charge in [0.1, 0.15) is 18.9 Å². The van der Waals surface area contributed by atoms with Gasteiger partial charge in [0.15, 0.2) is 0 Å². The molecule has 8 nitrogen and oxygen atoms in total. The van der Waals surface area contributed by atoms with Crippen LogP contribution in [-0.2, 0) is 0 Å². The van der Waals surface area contributed by atoms with Crippen LogP contribution in [0.3, 0.4) is 0 Å². The summed E-state index contributed by atoms with van der Waals surface area (Å²) < 4.78 is -1.06. The molecule has 5 N–H and O–H groups in total. The van der Waals surface area contributed by atoms with Crippen LogP contribution in [0, 0.1) is 0 Å². The molecule has 2 fully saturated rings. The summed E-state index contributed by atoms with van der Waals surface area (Å²) in [6.45, 7) is 0.431. The Bertz CT molecular complexity index is 623. The van der Waals surface area contributed by atoms with E-state index in [0.717, 1.165) is 32.1 Å². The quantitative estimate of drug-likeness (QED) is 0.239. The van der Waals surface area contributed by atoms with Crippen LogP contribution in [0.25, 0.3) is 6.08 Å². The molecule has 1 saturated heterocycles. The molecular formula is C15H23BN3O5+. The van der Waals surface area contributed by atoms with Gasteiger partial charge in [-0.15, -0.1) is 0 Å². The maximum Gasteiger partial charge on any atom is 0.445 e. The third-order valence-electron chi connectivity index (χ3n) is 4.89. The molecule has 1 aliphatic carbocycles. The molecule has 2 aliphatic rings. The molecule has 1 saturated carbocycles. The number of aromatic nitrogens is 1. The monoisotopic (exact) mass is 336 g/mol. The Morgan fingerprint density at radius 2 is 1.75 bits per heavy atom. The number of rotatable bonds is 4. The van der Waals surface area contributed by atoms with E-state index in [-0.39, 0.29) is 26.2 Å². The highest BCUT2D eigenvalue weighted by Gasteiger charge is 2.60. The average Bonchev–Trinajstić information content (AvgIpc) is 3.29. The molecule has 24 heavy (non-hydrogen) atoms. The van der Waals surface area contributed by atoms with E-state index in [2.05, 4.69) is 11.1 Å².